The van der Waals surface area contributed by atoms with E-state index in [0.29, 0.717) is 21.1 Å². The summed E-state index contributed by atoms with van der Waals surface area (Å²) in [6, 6.07) is 4.90. The molecule has 1 aromatic heterocycles. The number of pyridine rings is 1. The molecule has 1 atom stereocenters. The average molecular weight is 424 g/mol. The lowest BCUT2D eigenvalue weighted by Crippen LogP contribution is -2.42. The van der Waals surface area contributed by atoms with E-state index in [2.05, 4.69) is 26.2 Å². The minimum Gasteiger partial charge on any atom is -0.318 e. The van der Waals surface area contributed by atoms with Gasteiger partial charge in [-0.1, -0.05) is 0 Å². The number of imide groups is 1. The molecule has 1 unspecified atom stereocenters. The fraction of sp³-hybridized carbons (Fsp3) is 0.176. The van der Waals surface area contributed by atoms with Gasteiger partial charge in [0.15, 0.2) is 11.3 Å². The van der Waals surface area contributed by atoms with Gasteiger partial charge in [-0.25, -0.2) is 13.6 Å². The number of Topliss-reactive ketones (excluding diaryl/α,β-unsaturated/α-hetero) is 1. The van der Waals surface area contributed by atoms with E-state index in [-0.39, 0.29) is 0 Å². The Hall–Kier alpha value is -2.68. The quantitative estimate of drug-likeness (QED) is 0.605. The fourth-order valence-electron chi connectivity index (χ4n) is 2.63. The van der Waals surface area contributed by atoms with E-state index in [9.17, 15) is 23.2 Å². The lowest BCUT2D eigenvalue weighted by molar-refractivity contribution is -0.130. The van der Waals surface area contributed by atoms with Gasteiger partial charge in [0.05, 0.1) is 17.8 Å². The molecule has 1 saturated heterocycles. The van der Waals surface area contributed by atoms with Gasteiger partial charge in [-0.2, -0.15) is 0 Å². The lowest BCUT2D eigenvalue weighted by Gasteiger charge is -2.21. The molecular formula is C17H12BrF2N3O3. The Labute approximate surface area is 155 Å². The van der Waals surface area contributed by atoms with Gasteiger partial charge >= 0.3 is 6.03 Å². The normalized spacial score (nSPS) is 19.6. The molecule has 0 radical (unpaired) electrons. The van der Waals surface area contributed by atoms with E-state index in [1.54, 1.807) is 12.1 Å². The van der Waals surface area contributed by atoms with E-state index >= 15 is 0 Å². The Morgan fingerprint density at radius 2 is 2.00 bits per heavy atom. The predicted molar refractivity (Wildman–Crippen MR) is 90.2 cm³/mol. The van der Waals surface area contributed by atoms with Crippen molar-refractivity contribution < 1.29 is 23.2 Å². The molecule has 1 aliphatic rings. The van der Waals surface area contributed by atoms with Crippen molar-refractivity contribution >= 4 is 33.7 Å². The second kappa shape index (κ2) is 6.56. The summed E-state index contributed by atoms with van der Waals surface area (Å²) in [4.78, 5) is 42.0. The smallest absolute Gasteiger partial charge is 0.318 e. The highest BCUT2D eigenvalue weighted by molar-refractivity contribution is 9.10. The highest BCUT2D eigenvalue weighted by Crippen LogP contribution is 2.28. The molecule has 0 saturated carbocycles. The van der Waals surface area contributed by atoms with Crippen molar-refractivity contribution in [2.75, 3.05) is 6.54 Å². The van der Waals surface area contributed by atoms with Crippen LogP contribution in [0.2, 0.25) is 0 Å². The summed E-state index contributed by atoms with van der Waals surface area (Å²) in [7, 11) is 0. The molecule has 1 aromatic carbocycles. The zero-order valence-corrected chi connectivity index (χ0v) is 15.0. The zero-order chi connectivity index (χ0) is 19.1. The van der Waals surface area contributed by atoms with E-state index in [4.69, 9.17) is 0 Å². The van der Waals surface area contributed by atoms with Crippen LogP contribution in [-0.2, 0) is 10.3 Å². The van der Waals surface area contributed by atoms with Crippen LogP contribution in [0.3, 0.4) is 0 Å². The summed E-state index contributed by atoms with van der Waals surface area (Å²) in [5.74, 6) is -3.39. The maximum absolute atomic E-state index is 13.7. The third-order valence-electron chi connectivity index (χ3n) is 4.05. The van der Waals surface area contributed by atoms with Crippen LogP contribution < -0.4 is 5.32 Å². The predicted octanol–water partition coefficient (Wildman–Crippen LogP) is 2.77. The van der Waals surface area contributed by atoms with Crippen LogP contribution in [0.5, 0.6) is 0 Å². The van der Waals surface area contributed by atoms with Gasteiger partial charge in [-0.15, -0.1) is 0 Å². The Kier molecular flexibility index (Phi) is 4.57. The van der Waals surface area contributed by atoms with Crippen molar-refractivity contribution in [1.29, 1.82) is 0 Å². The first-order valence-corrected chi connectivity index (χ1v) is 8.26. The number of hydrogen-bond acceptors (Lipinski definition) is 4. The molecule has 1 fully saturated rings. The summed E-state index contributed by atoms with van der Waals surface area (Å²) < 4.78 is 27.4. The fourth-order valence-corrected chi connectivity index (χ4v) is 2.86. The average Bonchev–Trinajstić information content (AvgIpc) is 2.79. The van der Waals surface area contributed by atoms with Gasteiger partial charge in [-0.3, -0.25) is 19.5 Å². The first-order chi connectivity index (χ1) is 12.2. The molecule has 26 heavy (non-hydrogen) atoms. The number of urea groups is 1. The van der Waals surface area contributed by atoms with Crippen LogP contribution in [0, 0.1) is 11.6 Å². The standard InChI is InChI=1S/C17H12BrF2N3O3/c1-17(14-5-2-9(18)7-21-14)15(25)23(16(26)22-17)8-13(24)11-4-3-10(19)6-12(11)20/h2-7H,8H2,1H3,(H,22,26). The number of ketones is 1. The Balaban J connectivity index is 1.85. The molecule has 0 bridgehead atoms. The van der Waals surface area contributed by atoms with Crippen LogP contribution in [0.15, 0.2) is 41.0 Å². The zero-order valence-electron chi connectivity index (χ0n) is 13.4. The molecular weight excluding hydrogens is 412 g/mol. The summed E-state index contributed by atoms with van der Waals surface area (Å²) in [6.07, 6.45) is 1.47. The molecule has 6 nitrogen and oxygen atoms in total. The molecule has 134 valence electrons. The summed E-state index contributed by atoms with van der Waals surface area (Å²) in [6.45, 7) is 0.797. The molecule has 0 spiro atoms. The van der Waals surface area contributed by atoms with Crippen LogP contribution in [0.25, 0.3) is 0 Å². The van der Waals surface area contributed by atoms with Crippen LogP contribution in [-0.4, -0.2) is 34.2 Å². The largest absolute Gasteiger partial charge is 0.325 e. The summed E-state index contributed by atoms with van der Waals surface area (Å²) >= 11 is 3.23. The maximum atomic E-state index is 13.7. The van der Waals surface area contributed by atoms with Crippen molar-refractivity contribution in [2.24, 2.45) is 0 Å². The Morgan fingerprint density at radius 1 is 1.27 bits per heavy atom. The minimum atomic E-state index is -1.45. The van der Waals surface area contributed by atoms with Crippen LogP contribution >= 0.6 is 15.9 Å². The van der Waals surface area contributed by atoms with Crippen molar-refractivity contribution in [1.82, 2.24) is 15.2 Å². The van der Waals surface area contributed by atoms with Gasteiger partial charge in [0.25, 0.3) is 5.91 Å². The first kappa shape index (κ1) is 18.1. The number of hydrogen-bond donors (Lipinski definition) is 1. The number of amides is 3. The van der Waals surface area contributed by atoms with Crippen molar-refractivity contribution in [2.45, 2.75) is 12.5 Å². The van der Waals surface area contributed by atoms with Gasteiger partial charge < -0.3 is 5.32 Å². The first-order valence-electron chi connectivity index (χ1n) is 7.47. The number of rotatable bonds is 4. The third-order valence-corrected chi connectivity index (χ3v) is 4.52. The molecule has 3 amide bonds. The second-order valence-corrected chi connectivity index (χ2v) is 6.77. The minimum absolute atomic E-state index is 0.293. The van der Waals surface area contributed by atoms with E-state index < -0.39 is 47.0 Å². The highest BCUT2D eigenvalue weighted by atomic mass is 79.9. The van der Waals surface area contributed by atoms with E-state index in [1.807, 2.05) is 0 Å². The van der Waals surface area contributed by atoms with Gasteiger partial charge in [0.1, 0.15) is 11.6 Å². The topological polar surface area (TPSA) is 79.4 Å². The third kappa shape index (κ3) is 3.10. The van der Waals surface area contributed by atoms with Crippen LogP contribution in [0.4, 0.5) is 13.6 Å². The number of carbonyl (C=O) groups is 3. The van der Waals surface area contributed by atoms with Gasteiger partial charge in [0.2, 0.25) is 0 Å². The van der Waals surface area contributed by atoms with Gasteiger partial charge in [-0.05, 0) is 47.1 Å². The molecule has 3 rings (SSSR count). The number of carbonyl (C=O) groups excluding carboxylic acids is 3. The number of nitrogens with one attached hydrogen (secondary N) is 1. The summed E-state index contributed by atoms with van der Waals surface area (Å²) in [5, 5.41) is 2.50. The molecule has 2 heterocycles. The molecule has 1 aliphatic heterocycles. The number of aromatic nitrogens is 1. The highest BCUT2D eigenvalue weighted by Gasteiger charge is 2.50. The van der Waals surface area contributed by atoms with Crippen molar-refractivity contribution in [3.63, 3.8) is 0 Å². The molecule has 9 heteroatoms. The number of halogens is 3. The Morgan fingerprint density at radius 3 is 2.62 bits per heavy atom. The molecule has 0 aliphatic carbocycles. The molecule has 1 N–H and O–H groups in total. The van der Waals surface area contributed by atoms with Crippen LogP contribution in [0.1, 0.15) is 23.0 Å². The number of benzene rings is 1. The maximum Gasteiger partial charge on any atom is 0.325 e. The summed E-state index contributed by atoms with van der Waals surface area (Å²) in [5.41, 5.74) is -1.55. The van der Waals surface area contributed by atoms with E-state index in [1.165, 1.54) is 13.1 Å². The molecule has 2 aromatic rings. The van der Waals surface area contributed by atoms with Gasteiger partial charge in [0, 0.05) is 16.7 Å². The Bertz CT molecular complexity index is 920. The SMILES string of the molecule is CC1(c2ccc(Br)cn2)NC(=O)N(CC(=O)c2ccc(F)cc2F)C1=O. The van der Waals surface area contributed by atoms with E-state index in [0.717, 1.165) is 12.1 Å². The van der Waals surface area contributed by atoms with Crippen molar-refractivity contribution in [3.05, 3.63) is 63.9 Å². The lowest BCUT2D eigenvalue weighted by atomic mass is 9.97. The monoisotopic (exact) mass is 423 g/mol. The number of nitrogens with zero attached hydrogens (tertiary/aromatic N) is 2. The second-order valence-electron chi connectivity index (χ2n) is 5.86. The van der Waals surface area contributed by atoms with Crippen molar-refractivity contribution in [3.8, 4) is 0 Å².